The van der Waals surface area contributed by atoms with Gasteiger partial charge in [-0.25, -0.2) is 0 Å². The lowest BCUT2D eigenvalue weighted by Gasteiger charge is -2.23. The molecular formula is C8H19NO4P-. The maximum atomic E-state index is 10.9. The molecule has 0 saturated carbocycles. The molecule has 0 aliphatic carbocycles. The van der Waals surface area contributed by atoms with Crippen molar-refractivity contribution in [2.75, 3.05) is 19.8 Å². The fourth-order valence-electron chi connectivity index (χ4n) is 0.470. The Kier molecular flexibility index (Phi) is 15.1. The minimum Gasteiger partial charge on any atom is -0.786 e. The van der Waals surface area contributed by atoms with E-state index in [1.54, 1.807) is 0 Å². The minimum absolute atomic E-state index is 0.287. The molecule has 14 heavy (non-hydrogen) atoms. The van der Waals surface area contributed by atoms with E-state index in [4.69, 9.17) is 19.6 Å². The molecule has 0 bridgehead atoms. The van der Waals surface area contributed by atoms with E-state index in [-0.39, 0.29) is 6.61 Å². The summed E-state index contributed by atoms with van der Waals surface area (Å²) < 4.78 is 9.68. The van der Waals surface area contributed by atoms with E-state index in [9.17, 15) is 4.89 Å². The van der Waals surface area contributed by atoms with E-state index >= 15 is 0 Å². The highest BCUT2D eigenvalue weighted by Gasteiger charge is 2.00. The highest BCUT2D eigenvalue weighted by Crippen LogP contribution is 2.28. The Hall–Kier alpha value is -0.0600. The summed E-state index contributed by atoms with van der Waals surface area (Å²) in [6, 6.07) is 0. The van der Waals surface area contributed by atoms with Crippen LogP contribution in [0.1, 0.15) is 20.3 Å². The van der Waals surface area contributed by atoms with E-state index in [1.807, 2.05) is 13.7 Å². The van der Waals surface area contributed by atoms with Crippen LogP contribution in [-0.4, -0.2) is 26.5 Å². The number of rotatable bonds is 7. The van der Waals surface area contributed by atoms with Gasteiger partial charge in [0, 0.05) is 6.54 Å². The normalized spacial score (nSPS) is 14.0. The smallest absolute Gasteiger partial charge is 0.106 e. The summed E-state index contributed by atoms with van der Waals surface area (Å²) in [4.78, 5) is 18.9. The molecule has 2 N–H and O–H groups in total. The van der Waals surface area contributed by atoms with Crippen LogP contribution in [0, 0.1) is 5.92 Å². The molecule has 2 atom stereocenters. The Morgan fingerprint density at radius 2 is 2.07 bits per heavy atom. The van der Waals surface area contributed by atoms with Crippen molar-refractivity contribution in [3.05, 3.63) is 0 Å². The van der Waals surface area contributed by atoms with Crippen LogP contribution in [0.15, 0.2) is 0 Å². The molecule has 0 aromatic heterocycles. The second-order valence-corrected chi connectivity index (χ2v) is 3.62. The maximum absolute atomic E-state index is 10.9. The standard InChI is InChI=1S/C7H17NO3P.CH2O/c1-3-7(2)6-11-12(9)10-5-4-8;1-2/h7H,3-6,8H2,1-2H3;1H2/q-1;. The van der Waals surface area contributed by atoms with Gasteiger partial charge in [-0.05, 0) is 5.92 Å². The molecule has 0 aromatic carbocycles. The second-order valence-electron chi connectivity index (χ2n) is 2.65. The Labute approximate surface area is 86.6 Å². The van der Waals surface area contributed by atoms with Crippen molar-refractivity contribution < 1.29 is 18.7 Å². The lowest BCUT2D eigenvalue weighted by Crippen LogP contribution is -2.12. The van der Waals surface area contributed by atoms with Gasteiger partial charge in [-0.2, -0.15) is 0 Å². The zero-order valence-corrected chi connectivity index (χ0v) is 9.66. The van der Waals surface area contributed by atoms with E-state index in [0.717, 1.165) is 6.42 Å². The van der Waals surface area contributed by atoms with Crippen molar-refractivity contribution >= 4 is 15.4 Å². The molecule has 0 saturated heterocycles. The summed E-state index contributed by atoms with van der Waals surface area (Å²) in [5.41, 5.74) is 5.15. The van der Waals surface area contributed by atoms with Gasteiger partial charge in [0.05, 0.1) is 21.8 Å². The summed E-state index contributed by atoms with van der Waals surface area (Å²) in [7, 11) is -1.95. The van der Waals surface area contributed by atoms with Crippen LogP contribution >= 0.6 is 8.60 Å². The Bertz CT molecular complexity index is 118. The van der Waals surface area contributed by atoms with Gasteiger partial charge >= 0.3 is 0 Å². The lowest BCUT2D eigenvalue weighted by atomic mass is 10.1. The molecule has 0 fully saturated rings. The quantitative estimate of drug-likeness (QED) is 0.634. The highest BCUT2D eigenvalue weighted by molar-refractivity contribution is 7.39. The van der Waals surface area contributed by atoms with E-state index in [1.165, 1.54) is 0 Å². The predicted octanol–water partition coefficient (Wildman–Crippen LogP) is 0.427. The Balaban J connectivity index is 0. The average Bonchev–Trinajstić information content (AvgIpc) is 2.25. The maximum Gasteiger partial charge on any atom is 0.106 e. The first-order valence-corrected chi connectivity index (χ1v) is 5.52. The zero-order valence-electron chi connectivity index (χ0n) is 8.77. The third-order valence-electron chi connectivity index (χ3n) is 1.48. The summed E-state index contributed by atoms with van der Waals surface area (Å²) in [5.74, 6) is 0.422. The van der Waals surface area contributed by atoms with Gasteiger partial charge < -0.3 is 24.5 Å². The van der Waals surface area contributed by atoms with Gasteiger partial charge in [0.2, 0.25) is 0 Å². The molecule has 6 heteroatoms. The molecule has 2 unspecified atom stereocenters. The minimum atomic E-state index is -1.95. The molecular weight excluding hydrogens is 205 g/mol. The number of carbonyl (C=O) groups is 1. The fourth-order valence-corrected chi connectivity index (χ4v) is 1.18. The molecule has 0 spiro atoms. The van der Waals surface area contributed by atoms with Crippen molar-refractivity contribution in [2.45, 2.75) is 20.3 Å². The Morgan fingerprint density at radius 3 is 2.50 bits per heavy atom. The molecule has 0 radical (unpaired) electrons. The van der Waals surface area contributed by atoms with Gasteiger partial charge in [-0.1, -0.05) is 20.3 Å². The number of carbonyl (C=O) groups excluding carboxylic acids is 1. The van der Waals surface area contributed by atoms with Gasteiger partial charge in [-0.3, -0.25) is 0 Å². The van der Waals surface area contributed by atoms with E-state index < -0.39 is 8.60 Å². The number of nitrogens with two attached hydrogens (primary N) is 1. The summed E-state index contributed by atoms with van der Waals surface area (Å²) in [5, 5.41) is 0. The van der Waals surface area contributed by atoms with Gasteiger partial charge in [0.15, 0.2) is 0 Å². The van der Waals surface area contributed by atoms with E-state index in [2.05, 4.69) is 6.92 Å². The van der Waals surface area contributed by atoms with Gasteiger partial charge in [0.25, 0.3) is 0 Å². The molecule has 0 aliphatic rings. The first-order chi connectivity index (χ1) is 6.70. The average molecular weight is 224 g/mol. The van der Waals surface area contributed by atoms with Crippen LogP contribution in [0.25, 0.3) is 0 Å². The van der Waals surface area contributed by atoms with Crippen molar-refractivity contribution in [1.82, 2.24) is 0 Å². The third kappa shape index (κ3) is 11.9. The van der Waals surface area contributed by atoms with Crippen LogP contribution in [0.2, 0.25) is 0 Å². The molecule has 86 valence electrons. The molecule has 0 aromatic rings. The summed E-state index contributed by atoms with van der Waals surface area (Å²) >= 11 is 0. The highest BCUT2D eigenvalue weighted by atomic mass is 31.2. The lowest BCUT2D eigenvalue weighted by molar-refractivity contribution is -0.205. The van der Waals surface area contributed by atoms with Crippen LogP contribution < -0.4 is 10.6 Å². The monoisotopic (exact) mass is 224 g/mol. The SMILES string of the molecule is C=O.CCC(C)COP([O-])OCCN. The molecule has 0 aliphatic heterocycles. The second kappa shape index (κ2) is 12.9. The molecule has 0 rings (SSSR count). The predicted molar refractivity (Wildman–Crippen MR) is 54.5 cm³/mol. The van der Waals surface area contributed by atoms with Crippen molar-refractivity contribution in [2.24, 2.45) is 11.7 Å². The first-order valence-electron chi connectivity index (χ1n) is 4.42. The van der Waals surface area contributed by atoms with Crippen molar-refractivity contribution in [1.29, 1.82) is 0 Å². The topological polar surface area (TPSA) is 84.6 Å². The molecule has 0 heterocycles. The van der Waals surface area contributed by atoms with Crippen LogP contribution in [-0.2, 0) is 13.8 Å². The summed E-state index contributed by atoms with van der Waals surface area (Å²) in [6.45, 7) is 7.23. The number of hydrogen-bond donors (Lipinski definition) is 1. The summed E-state index contributed by atoms with van der Waals surface area (Å²) in [6.07, 6.45) is 1.01. The largest absolute Gasteiger partial charge is 0.786 e. The number of hydrogen-bond acceptors (Lipinski definition) is 5. The Morgan fingerprint density at radius 1 is 1.50 bits per heavy atom. The van der Waals surface area contributed by atoms with Crippen molar-refractivity contribution in [3.63, 3.8) is 0 Å². The fraction of sp³-hybridized carbons (Fsp3) is 0.875. The van der Waals surface area contributed by atoms with Crippen molar-refractivity contribution in [3.8, 4) is 0 Å². The van der Waals surface area contributed by atoms with Gasteiger partial charge in [0.1, 0.15) is 6.79 Å². The molecule has 5 nitrogen and oxygen atoms in total. The third-order valence-corrected chi connectivity index (χ3v) is 2.23. The van der Waals surface area contributed by atoms with Crippen LogP contribution in [0.4, 0.5) is 0 Å². The zero-order chi connectivity index (χ0) is 11.4. The first kappa shape index (κ1) is 16.4. The van der Waals surface area contributed by atoms with Crippen LogP contribution in [0.5, 0.6) is 0 Å². The van der Waals surface area contributed by atoms with Gasteiger partial charge in [-0.15, -0.1) is 0 Å². The van der Waals surface area contributed by atoms with E-state index in [0.29, 0.717) is 19.1 Å². The van der Waals surface area contributed by atoms with Crippen LogP contribution in [0.3, 0.4) is 0 Å². The molecule has 0 amide bonds.